The maximum atomic E-state index is 11.9. The zero-order valence-corrected chi connectivity index (χ0v) is 19.0. The summed E-state index contributed by atoms with van der Waals surface area (Å²) in [6.45, 7) is 4.62. The largest absolute Gasteiger partial charge is 0.480 e. The highest BCUT2D eigenvalue weighted by atomic mass is 16.5. The molecule has 1 saturated heterocycles. The van der Waals surface area contributed by atoms with Gasteiger partial charge in [-0.05, 0) is 49.4 Å². The van der Waals surface area contributed by atoms with Crippen LogP contribution in [-0.4, -0.2) is 58.6 Å². The molecule has 0 saturated carbocycles. The smallest absolute Gasteiger partial charge is 0.323 e. The van der Waals surface area contributed by atoms with Crippen LogP contribution in [0.5, 0.6) is 0 Å². The number of ether oxygens (including phenoxy) is 2. The lowest BCUT2D eigenvalue weighted by molar-refractivity contribution is -0.140. The van der Waals surface area contributed by atoms with Gasteiger partial charge in [-0.1, -0.05) is 6.07 Å². The first-order valence-electron chi connectivity index (χ1n) is 11.2. The minimum absolute atomic E-state index is 0.0903. The maximum Gasteiger partial charge on any atom is 0.323 e. The second-order valence-corrected chi connectivity index (χ2v) is 8.55. The Morgan fingerprint density at radius 1 is 1.36 bits per heavy atom. The number of H-pyrrole nitrogens is 1. The maximum absolute atomic E-state index is 11.9. The summed E-state index contributed by atoms with van der Waals surface area (Å²) in [5.74, 6) is 0.351. The van der Waals surface area contributed by atoms with Gasteiger partial charge in [-0.3, -0.25) is 14.9 Å². The van der Waals surface area contributed by atoms with Crippen LogP contribution >= 0.6 is 0 Å². The number of fused-ring (bicyclic) bond motifs is 1. The number of aryl methyl sites for hydroxylation is 1. The van der Waals surface area contributed by atoms with Gasteiger partial charge in [-0.2, -0.15) is 0 Å². The fourth-order valence-electron chi connectivity index (χ4n) is 4.23. The molecule has 0 amide bonds. The van der Waals surface area contributed by atoms with E-state index in [4.69, 9.17) is 14.5 Å². The van der Waals surface area contributed by atoms with E-state index in [1.807, 2.05) is 24.3 Å². The molecule has 9 nitrogen and oxygen atoms in total. The molecule has 0 radical (unpaired) electrons. The van der Waals surface area contributed by atoms with Gasteiger partial charge in [-0.15, -0.1) is 0 Å². The summed E-state index contributed by atoms with van der Waals surface area (Å²) >= 11 is 0. The molecule has 176 valence electrons. The number of carbonyl (C=O) groups is 1. The molecule has 0 spiro atoms. The molecule has 2 aromatic heterocycles. The summed E-state index contributed by atoms with van der Waals surface area (Å²) < 4.78 is 12.7. The molecule has 1 atom stereocenters. The van der Waals surface area contributed by atoms with E-state index in [1.165, 1.54) is 7.11 Å². The third kappa shape index (κ3) is 5.32. The molecular weight excluding hydrogens is 424 g/mol. The van der Waals surface area contributed by atoms with Gasteiger partial charge in [0, 0.05) is 50.7 Å². The highest BCUT2D eigenvalue weighted by Gasteiger charge is 2.21. The number of nitrogens with zero attached hydrogens (tertiary/aromatic N) is 2. The van der Waals surface area contributed by atoms with Crippen LogP contribution in [0.4, 0.5) is 0 Å². The van der Waals surface area contributed by atoms with E-state index in [2.05, 4.69) is 14.9 Å². The van der Waals surface area contributed by atoms with Crippen molar-refractivity contribution in [1.29, 1.82) is 0 Å². The molecule has 3 aromatic rings. The molecule has 3 N–H and O–H groups in total. The van der Waals surface area contributed by atoms with Crippen molar-refractivity contribution in [2.45, 2.75) is 38.9 Å². The van der Waals surface area contributed by atoms with Gasteiger partial charge in [0.1, 0.15) is 11.9 Å². The van der Waals surface area contributed by atoms with E-state index in [1.54, 1.807) is 13.1 Å². The second-order valence-electron chi connectivity index (χ2n) is 8.55. The number of aromatic amines is 1. The van der Waals surface area contributed by atoms with Crippen LogP contribution < -0.4 is 10.9 Å². The van der Waals surface area contributed by atoms with Crippen molar-refractivity contribution < 1.29 is 19.4 Å². The molecule has 1 aliphatic heterocycles. The number of rotatable bonds is 9. The van der Waals surface area contributed by atoms with Crippen LogP contribution in [-0.2, 0) is 27.4 Å². The van der Waals surface area contributed by atoms with Gasteiger partial charge >= 0.3 is 5.97 Å². The predicted octanol–water partition coefficient (Wildman–Crippen LogP) is 2.32. The Bertz CT molecular complexity index is 1180. The van der Waals surface area contributed by atoms with E-state index < -0.39 is 12.0 Å². The van der Waals surface area contributed by atoms with E-state index in [9.17, 15) is 14.7 Å². The molecule has 33 heavy (non-hydrogen) atoms. The van der Waals surface area contributed by atoms with Crippen LogP contribution in [0.1, 0.15) is 24.0 Å². The van der Waals surface area contributed by atoms with Crippen molar-refractivity contribution >= 4 is 17.0 Å². The zero-order valence-electron chi connectivity index (χ0n) is 19.0. The molecule has 4 rings (SSSR count). The normalized spacial score (nSPS) is 15.7. The lowest BCUT2D eigenvalue weighted by Gasteiger charge is -2.23. The molecule has 0 aliphatic carbocycles. The van der Waals surface area contributed by atoms with Gasteiger partial charge in [0.15, 0.2) is 0 Å². The fourth-order valence-corrected chi connectivity index (χ4v) is 4.23. The Labute approximate surface area is 191 Å². The molecular formula is C24H30N4O5. The topological polar surface area (TPSA) is 118 Å². The Hall–Kier alpha value is -3.01. The van der Waals surface area contributed by atoms with Crippen LogP contribution in [0, 0.1) is 12.8 Å². The lowest BCUT2D eigenvalue weighted by Crippen LogP contribution is -2.39. The summed E-state index contributed by atoms with van der Waals surface area (Å²) in [6.07, 6.45) is 3.71. The van der Waals surface area contributed by atoms with Gasteiger partial charge in [0.2, 0.25) is 0 Å². The van der Waals surface area contributed by atoms with Crippen LogP contribution in [0.2, 0.25) is 0 Å². The minimum atomic E-state index is -0.950. The third-order valence-electron chi connectivity index (χ3n) is 6.13. The summed E-state index contributed by atoms with van der Waals surface area (Å²) in [4.78, 5) is 31.0. The molecule has 0 bridgehead atoms. The Balaban J connectivity index is 1.68. The number of carboxylic acids is 1. The minimum Gasteiger partial charge on any atom is -0.480 e. The van der Waals surface area contributed by atoms with Crippen LogP contribution in [0.15, 0.2) is 35.3 Å². The van der Waals surface area contributed by atoms with Gasteiger partial charge in [-0.25, -0.2) is 4.98 Å². The van der Waals surface area contributed by atoms with Crippen molar-refractivity contribution in [2.24, 2.45) is 5.92 Å². The zero-order chi connectivity index (χ0) is 23.4. The third-order valence-corrected chi connectivity index (χ3v) is 6.13. The van der Waals surface area contributed by atoms with Crippen molar-refractivity contribution in [1.82, 2.24) is 19.9 Å². The highest BCUT2D eigenvalue weighted by molar-refractivity contribution is 5.81. The number of pyridine rings is 1. The molecule has 9 heteroatoms. The van der Waals surface area contributed by atoms with Crippen molar-refractivity contribution in [3.63, 3.8) is 0 Å². The number of hydrogen-bond donors (Lipinski definition) is 3. The molecule has 0 unspecified atom stereocenters. The first-order chi connectivity index (χ1) is 16.0. The van der Waals surface area contributed by atoms with E-state index in [0.29, 0.717) is 18.0 Å². The highest BCUT2D eigenvalue weighted by Crippen LogP contribution is 2.28. The number of benzene rings is 1. The fraction of sp³-hybridized carbons (Fsp3) is 0.458. The number of carboxylic acid groups (broad SMARTS) is 1. The second kappa shape index (κ2) is 10.3. The van der Waals surface area contributed by atoms with Gasteiger partial charge in [0.25, 0.3) is 5.56 Å². The molecule has 3 heterocycles. The van der Waals surface area contributed by atoms with Crippen molar-refractivity contribution in [2.75, 3.05) is 26.9 Å². The van der Waals surface area contributed by atoms with Gasteiger partial charge in [0.05, 0.1) is 17.6 Å². The number of hydrogen-bond acceptors (Lipinski definition) is 6. The Kier molecular flexibility index (Phi) is 7.22. The molecule has 1 aromatic carbocycles. The summed E-state index contributed by atoms with van der Waals surface area (Å²) in [5.41, 5.74) is 4.17. The monoisotopic (exact) mass is 454 g/mol. The number of aliphatic carboxylic acids is 1. The van der Waals surface area contributed by atoms with E-state index >= 15 is 0 Å². The predicted molar refractivity (Wildman–Crippen MR) is 124 cm³/mol. The van der Waals surface area contributed by atoms with Crippen molar-refractivity contribution in [3.8, 4) is 11.4 Å². The van der Waals surface area contributed by atoms with E-state index in [-0.39, 0.29) is 12.2 Å². The number of methoxy groups -OCH3 is 1. The summed E-state index contributed by atoms with van der Waals surface area (Å²) in [7, 11) is 1.48. The average Bonchev–Trinajstić information content (AvgIpc) is 3.16. The quantitative estimate of drug-likeness (QED) is 0.454. The summed E-state index contributed by atoms with van der Waals surface area (Å²) in [6, 6.07) is 7.09. The summed E-state index contributed by atoms with van der Waals surface area (Å²) in [5, 5.41) is 12.3. The first-order valence-corrected chi connectivity index (χ1v) is 11.2. The average molecular weight is 455 g/mol. The number of aromatic nitrogens is 3. The number of imidazole rings is 1. The van der Waals surface area contributed by atoms with Crippen LogP contribution in [0.3, 0.4) is 0 Å². The Morgan fingerprint density at radius 3 is 2.85 bits per heavy atom. The molecule has 1 fully saturated rings. The Morgan fingerprint density at radius 2 is 2.15 bits per heavy atom. The van der Waals surface area contributed by atoms with Crippen LogP contribution in [0.25, 0.3) is 22.4 Å². The van der Waals surface area contributed by atoms with Gasteiger partial charge < -0.3 is 24.1 Å². The molecule has 1 aliphatic rings. The SMILES string of the molecule is COC[C@H](NCc1ccc2c(c1)nc(-c1c[nH]c(=O)c(C)c1)n2CC1CCOCC1)C(=O)O. The van der Waals surface area contributed by atoms with Crippen molar-refractivity contribution in [3.05, 3.63) is 51.9 Å². The van der Waals surface area contributed by atoms with E-state index in [0.717, 1.165) is 60.6 Å². The first kappa shape index (κ1) is 23.2. The standard InChI is InChI=1S/C24H30N4O5/c1-15-9-18(12-26-23(15)29)22-27-19-10-17(11-25-20(14-32-2)24(30)31)3-4-21(19)28(22)13-16-5-7-33-8-6-16/h3-4,9-10,12,16,20,25H,5-8,11,13-14H2,1-2H3,(H,26,29)(H,30,31)/t20-/m0/s1. The lowest BCUT2D eigenvalue weighted by atomic mass is 10.00. The number of nitrogens with one attached hydrogen (secondary N) is 2.